The zero-order valence-corrected chi connectivity index (χ0v) is 14.8. The zero-order chi connectivity index (χ0) is 19.0. The van der Waals surface area contributed by atoms with E-state index in [1.807, 2.05) is 0 Å². The lowest BCUT2D eigenvalue weighted by molar-refractivity contribution is -0.142. The molecule has 1 aliphatic rings. The zero-order valence-electron chi connectivity index (χ0n) is 14.0. The first-order valence-electron chi connectivity index (χ1n) is 8.33. The van der Waals surface area contributed by atoms with Crippen molar-refractivity contribution in [3.05, 3.63) is 41.0 Å². The Morgan fingerprint density at radius 1 is 1.44 bits per heavy atom. The first-order chi connectivity index (χ1) is 12.9. The van der Waals surface area contributed by atoms with Gasteiger partial charge in [0.1, 0.15) is 5.56 Å². The number of rotatable bonds is 4. The lowest BCUT2D eigenvalue weighted by atomic mass is 10.2. The number of nitrogens with zero attached hydrogens (tertiary/aromatic N) is 3. The summed E-state index contributed by atoms with van der Waals surface area (Å²) in [6.07, 6.45) is -1.83. The summed E-state index contributed by atoms with van der Waals surface area (Å²) in [4.78, 5) is 17.3. The van der Waals surface area contributed by atoms with Crippen molar-refractivity contribution in [3.8, 4) is 10.6 Å². The highest BCUT2D eigenvalue weighted by molar-refractivity contribution is 7.13. The highest BCUT2D eigenvalue weighted by atomic mass is 32.1. The van der Waals surface area contributed by atoms with Crippen LogP contribution in [0, 0.1) is 0 Å². The van der Waals surface area contributed by atoms with Gasteiger partial charge in [-0.3, -0.25) is 4.79 Å². The summed E-state index contributed by atoms with van der Waals surface area (Å²) in [5.74, 6) is -0.524. The molecule has 1 amide bonds. The molecule has 10 heteroatoms. The van der Waals surface area contributed by atoms with Gasteiger partial charge in [-0.25, -0.2) is 9.50 Å². The quantitative estimate of drug-likeness (QED) is 0.734. The molecular formula is C17H15F3N4O2S. The van der Waals surface area contributed by atoms with E-state index in [-0.39, 0.29) is 23.0 Å². The molecule has 1 saturated heterocycles. The van der Waals surface area contributed by atoms with Crippen LogP contribution in [0.15, 0.2) is 29.8 Å². The molecule has 3 aromatic heterocycles. The normalized spacial score (nSPS) is 17.5. The van der Waals surface area contributed by atoms with Gasteiger partial charge < -0.3 is 10.1 Å². The second-order valence-electron chi connectivity index (χ2n) is 6.14. The molecule has 0 saturated carbocycles. The minimum absolute atomic E-state index is 0.00287. The van der Waals surface area contributed by atoms with Crippen LogP contribution in [0.4, 0.5) is 13.2 Å². The molecule has 4 rings (SSSR count). The second kappa shape index (κ2) is 6.93. The van der Waals surface area contributed by atoms with Gasteiger partial charge in [-0.1, -0.05) is 6.07 Å². The van der Waals surface area contributed by atoms with Gasteiger partial charge in [0.25, 0.3) is 5.91 Å². The van der Waals surface area contributed by atoms with Crippen LogP contribution in [-0.2, 0) is 10.9 Å². The Labute approximate surface area is 156 Å². The van der Waals surface area contributed by atoms with Crippen LogP contribution in [0.25, 0.3) is 16.2 Å². The van der Waals surface area contributed by atoms with Gasteiger partial charge in [0.15, 0.2) is 11.3 Å². The minimum Gasteiger partial charge on any atom is -0.376 e. The van der Waals surface area contributed by atoms with E-state index in [1.54, 1.807) is 17.5 Å². The van der Waals surface area contributed by atoms with Gasteiger partial charge in [0.2, 0.25) is 0 Å². The molecule has 27 heavy (non-hydrogen) atoms. The Morgan fingerprint density at radius 3 is 2.96 bits per heavy atom. The summed E-state index contributed by atoms with van der Waals surface area (Å²) in [5, 5.41) is 8.20. The summed E-state index contributed by atoms with van der Waals surface area (Å²) < 4.78 is 46.6. The number of nitrogens with one attached hydrogen (secondary N) is 1. The standard InChI is InChI=1S/C17H15F3N4O2S/c18-17(19,20)14-7-12(13-4-2-6-27-13)23-15-11(9-22-24(14)15)16(25)21-8-10-3-1-5-26-10/h2,4,6-7,9-10H,1,3,5,8H2,(H,21,25)/t10-/m0/s1. The van der Waals surface area contributed by atoms with E-state index in [1.165, 1.54) is 11.3 Å². The predicted octanol–water partition coefficient (Wildman–Crippen LogP) is 3.39. The summed E-state index contributed by atoms with van der Waals surface area (Å²) >= 11 is 1.27. The van der Waals surface area contributed by atoms with E-state index in [4.69, 9.17) is 4.74 Å². The maximum absolute atomic E-state index is 13.5. The van der Waals surface area contributed by atoms with Gasteiger partial charge in [-0.05, 0) is 30.4 Å². The summed E-state index contributed by atoms with van der Waals surface area (Å²) in [6.45, 7) is 0.949. The van der Waals surface area contributed by atoms with Crippen LogP contribution >= 0.6 is 11.3 Å². The Balaban J connectivity index is 1.73. The Hall–Kier alpha value is -2.46. The van der Waals surface area contributed by atoms with Crippen LogP contribution in [0.2, 0.25) is 0 Å². The van der Waals surface area contributed by atoms with Crippen molar-refractivity contribution in [2.75, 3.05) is 13.2 Å². The van der Waals surface area contributed by atoms with Crippen molar-refractivity contribution in [1.29, 1.82) is 0 Å². The monoisotopic (exact) mass is 396 g/mol. The number of carbonyl (C=O) groups is 1. The number of fused-ring (bicyclic) bond motifs is 1. The molecule has 1 aliphatic heterocycles. The van der Waals surface area contributed by atoms with Gasteiger partial charge in [0, 0.05) is 13.2 Å². The van der Waals surface area contributed by atoms with Crippen molar-refractivity contribution >= 4 is 22.9 Å². The number of aromatic nitrogens is 3. The number of alkyl halides is 3. The molecule has 142 valence electrons. The average molecular weight is 396 g/mol. The van der Waals surface area contributed by atoms with E-state index in [2.05, 4.69) is 15.4 Å². The number of amides is 1. The van der Waals surface area contributed by atoms with Crippen molar-refractivity contribution in [2.45, 2.75) is 25.1 Å². The van der Waals surface area contributed by atoms with Crippen LogP contribution in [0.3, 0.4) is 0 Å². The molecule has 4 heterocycles. The molecule has 3 aromatic rings. The largest absolute Gasteiger partial charge is 0.433 e. The molecule has 0 aromatic carbocycles. The fraction of sp³-hybridized carbons (Fsp3) is 0.353. The molecule has 1 atom stereocenters. The third kappa shape index (κ3) is 3.54. The van der Waals surface area contributed by atoms with Crippen LogP contribution < -0.4 is 5.32 Å². The Bertz CT molecular complexity index is 963. The maximum atomic E-state index is 13.5. The third-order valence-electron chi connectivity index (χ3n) is 4.29. The summed E-state index contributed by atoms with van der Waals surface area (Å²) in [7, 11) is 0. The van der Waals surface area contributed by atoms with Gasteiger partial charge in [0.05, 0.1) is 22.9 Å². The van der Waals surface area contributed by atoms with Crippen LogP contribution in [-0.4, -0.2) is 39.8 Å². The number of hydrogen-bond acceptors (Lipinski definition) is 5. The van der Waals surface area contributed by atoms with E-state index < -0.39 is 17.8 Å². The first kappa shape index (κ1) is 17.9. The average Bonchev–Trinajstić information content (AvgIpc) is 3.39. The lowest BCUT2D eigenvalue weighted by Crippen LogP contribution is -2.31. The fourth-order valence-electron chi connectivity index (χ4n) is 2.98. The van der Waals surface area contributed by atoms with Crippen molar-refractivity contribution < 1.29 is 22.7 Å². The highest BCUT2D eigenvalue weighted by Gasteiger charge is 2.36. The number of hydrogen-bond donors (Lipinski definition) is 1. The van der Waals surface area contributed by atoms with Crippen molar-refractivity contribution in [2.24, 2.45) is 0 Å². The highest BCUT2D eigenvalue weighted by Crippen LogP contribution is 2.33. The molecule has 0 unspecified atom stereocenters. The smallest absolute Gasteiger partial charge is 0.376 e. The molecule has 0 radical (unpaired) electrons. The Kier molecular flexibility index (Phi) is 4.60. The lowest BCUT2D eigenvalue weighted by Gasteiger charge is -2.12. The van der Waals surface area contributed by atoms with Crippen LogP contribution in [0.1, 0.15) is 28.9 Å². The molecule has 0 aliphatic carbocycles. The van der Waals surface area contributed by atoms with Crippen molar-refractivity contribution in [1.82, 2.24) is 19.9 Å². The van der Waals surface area contributed by atoms with Gasteiger partial charge >= 0.3 is 6.18 Å². The molecular weight excluding hydrogens is 381 g/mol. The van der Waals surface area contributed by atoms with E-state index >= 15 is 0 Å². The molecule has 0 bridgehead atoms. The van der Waals surface area contributed by atoms with E-state index in [9.17, 15) is 18.0 Å². The third-order valence-corrected chi connectivity index (χ3v) is 5.19. The first-order valence-corrected chi connectivity index (χ1v) is 9.21. The molecule has 1 fully saturated rings. The molecule has 1 N–H and O–H groups in total. The van der Waals surface area contributed by atoms with E-state index in [0.29, 0.717) is 22.5 Å². The second-order valence-corrected chi connectivity index (χ2v) is 7.09. The Morgan fingerprint density at radius 2 is 2.30 bits per heavy atom. The number of halogens is 3. The van der Waals surface area contributed by atoms with Crippen molar-refractivity contribution in [3.63, 3.8) is 0 Å². The van der Waals surface area contributed by atoms with Gasteiger partial charge in [-0.15, -0.1) is 11.3 Å². The number of ether oxygens (including phenoxy) is 1. The number of carbonyl (C=O) groups excluding carboxylic acids is 1. The van der Waals surface area contributed by atoms with Gasteiger partial charge in [-0.2, -0.15) is 18.3 Å². The summed E-state index contributed by atoms with van der Waals surface area (Å²) in [6, 6.07) is 4.35. The molecule has 6 nitrogen and oxygen atoms in total. The summed E-state index contributed by atoms with van der Waals surface area (Å²) in [5.41, 5.74) is -0.956. The fourth-order valence-corrected chi connectivity index (χ4v) is 3.67. The van der Waals surface area contributed by atoms with E-state index in [0.717, 1.165) is 25.1 Å². The number of thiophene rings is 1. The SMILES string of the molecule is O=C(NC[C@@H]1CCCO1)c1cnn2c(C(F)(F)F)cc(-c3cccs3)nc12. The maximum Gasteiger partial charge on any atom is 0.433 e. The predicted molar refractivity (Wildman–Crippen MR) is 92.6 cm³/mol. The topological polar surface area (TPSA) is 68.5 Å². The van der Waals surface area contributed by atoms with Crippen LogP contribution in [0.5, 0.6) is 0 Å². The molecule has 0 spiro atoms. The minimum atomic E-state index is -4.63.